The van der Waals surface area contributed by atoms with Crippen molar-refractivity contribution in [1.29, 1.82) is 0 Å². The third-order valence-electron chi connectivity index (χ3n) is 8.46. The number of rotatable bonds is 6. The van der Waals surface area contributed by atoms with Crippen LogP contribution in [0.5, 0.6) is 0 Å². The molecule has 3 heterocycles. The van der Waals surface area contributed by atoms with E-state index in [1.165, 1.54) is 0 Å². The molecule has 190 valence electrons. The van der Waals surface area contributed by atoms with E-state index >= 15 is 0 Å². The van der Waals surface area contributed by atoms with Crippen molar-refractivity contribution in [3.05, 3.63) is 53.7 Å². The van der Waals surface area contributed by atoms with E-state index in [2.05, 4.69) is 41.5 Å². The summed E-state index contributed by atoms with van der Waals surface area (Å²) >= 11 is 0. The highest BCUT2D eigenvalue weighted by Gasteiger charge is 2.57. The Morgan fingerprint density at radius 3 is 2.49 bits per heavy atom. The quantitative estimate of drug-likeness (QED) is 0.567. The van der Waals surface area contributed by atoms with Gasteiger partial charge < -0.3 is 10.0 Å². The molecule has 0 bridgehead atoms. The number of aliphatic imine (C=N–C) groups is 1. The number of nitrogens with zero attached hydrogens (tertiary/aromatic N) is 5. The molecular formula is C29H31N5O3. The monoisotopic (exact) mass is 497 g/mol. The second-order valence-electron chi connectivity index (χ2n) is 11.1. The number of aromatic nitrogens is 2. The van der Waals surface area contributed by atoms with Crippen LogP contribution in [0.4, 0.5) is 0 Å². The minimum atomic E-state index is -0.550. The van der Waals surface area contributed by atoms with Gasteiger partial charge in [-0.3, -0.25) is 24.2 Å². The Hall–Kier alpha value is -3.52. The van der Waals surface area contributed by atoms with Gasteiger partial charge in [-0.15, -0.1) is 0 Å². The lowest BCUT2D eigenvalue weighted by molar-refractivity contribution is -0.131. The summed E-state index contributed by atoms with van der Waals surface area (Å²) in [6.07, 6.45) is 4.64. The Morgan fingerprint density at radius 2 is 1.78 bits per heavy atom. The number of carbonyl (C=O) groups is 2. The highest BCUT2D eigenvalue weighted by atomic mass is 16.3. The third-order valence-corrected chi connectivity index (χ3v) is 8.46. The Kier molecular flexibility index (Phi) is 5.05. The number of hydrogen-bond donors (Lipinski definition) is 1. The number of likely N-dealkylation sites (tertiary alicyclic amines) is 1. The first-order valence-corrected chi connectivity index (χ1v) is 13.3. The second-order valence-corrected chi connectivity index (χ2v) is 11.1. The van der Waals surface area contributed by atoms with Gasteiger partial charge >= 0.3 is 0 Å². The molecule has 1 spiro atoms. The molecule has 37 heavy (non-hydrogen) atoms. The first kappa shape index (κ1) is 22.7. The highest BCUT2D eigenvalue weighted by Crippen LogP contribution is 2.46. The molecule has 8 heteroatoms. The number of hydrogen-bond acceptors (Lipinski definition) is 5. The summed E-state index contributed by atoms with van der Waals surface area (Å²) in [4.78, 5) is 34.7. The second kappa shape index (κ2) is 8.25. The molecule has 8 nitrogen and oxygen atoms in total. The number of benzene rings is 2. The molecule has 1 atom stereocenters. The van der Waals surface area contributed by atoms with Crippen molar-refractivity contribution >= 4 is 28.6 Å². The van der Waals surface area contributed by atoms with Gasteiger partial charge in [0.05, 0.1) is 17.8 Å². The average Bonchev–Trinajstić information content (AvgIpc) is 3.83. The average molecular weight is 498 g/mol. The van der Waals surface area contributed by atoms with Crippen LogP contribution in [0.3, 0.4) is 0 Å². The van der Waals surface area contributed by atoms with Crippen LogP contribution in [-0.4, -0.2) is 67.5 Å². The van der Waals surface area contributed by atoms with Gasteiger partial charge in [-0.1, -0.05) is 36.4 Å². The maximum atomic E-state index is 13.4. The van der Waals surface area contributed by atoms with E-state index in [-0.39, 0.29) is 18.4 Å². The molecule has 1 saturated heterocycles. The molecule has 7 rings (SSSR count). The third kappa shape index (κ3) is 3.77. The van der Waals surface area contributed by atoms with E-state index < -0.39 is 5.54 Å². The summed E-state index contributed by atoms with van der Waals surface area (Å²) in [5, 5.41) is 14.9. The van der Waals surface area contributed by atoms with Gasteiger partial charge in [-0.2, -0.15) is 5.10 Å². The Bertz CT molecular complexity index is 1450. The first-order valence-electron chi connectivity index (χ1n) is 13.3. The Morgan fingerprint density at radius 1 is 1.05 bits per heavy atom. The first-order chi connectivity index (χ1) is 18.0. The van der Waals surface area contributed by atoms with Gasteiger partial charge in [-0.05, 0) is 55.2 Å². The fraction of sp³-hybridized carbons (Fsp3) is 0.448. The van der Waals surface area contributed by atoms with Gasteiger partial charge in [0.15, 0.2) is 0 Å². The number of aliphatic hydroxyl groups is 1. The van der Waals surface area contributed by atoms with Crippen LogP contribution in [0.15, 0.2) is 47.5 Å². The maximum Gasteiger partial charge on any atom is 0.256 e. The summed E-state index contributed by atoms with van der Waals surface area (Å²) in [5.74, 6) is 1.73. The van der Waals surface area contributed by atoms with E-state index in [0.29, 0.717) is 24.1 Å². The topological polar surface area (TPSA) is 91.0 Å². The van der Waals surface area contributed by atoms with Crippen LogP contribution < -0.4 is 0 Å². The molecule has 3 aromatic rings. The van der Waals surface area contributed by atoms with Crippen molar-refractivity contribution in [2.75, 3.05) is 19.6 Å². The Labute approximate surface area is 215 Å². The highest BCUT2D eigenvalue weighted by molar-refractivity contribution is 6.16. The SMILES string of the molecule is Cn1nc(CO)c2ccc(-c3ccc(C4=NC5(CC5)C(=O)N4CC4CCN(C(=O)C5CC5)C4)cc3)cc21. The van der Waals surface area contributed by atoms with Crippen molar-refractivity contribution in [2.45, 2.75) is 44.2 Å². The minimum absolute atomic E-state index is 0.0834. The zero-order valence-corrected chi connectivity index (χ0v) is 21.1. The molecular weight excluding hydrogens is 466 g/mol. The lowest BCUT2D eigenvalue weighted by Gasteiger charge is -2.23. The predicted molar refractivity (Wildman–Crippen MR) is 140 cm³/mol. The van der Waals surface area contributed by atoms with Crippen LogP contribution >= 0.6 is 0 Å². The number of aliphatic hydroxyl groups excluding tert-OH is 1. The van der Waals surface area contributed by atoms with Crippen LogP contribution in [0.2, 0.25) is 0 Å². The molecule has 1 unspecified atom stereocenters. The smallest absolute Gasteiger partial charge is 0.256 e. The zero-order chi connectivity index (χ0) is 25.3. The van der Waals surface area contributed by atoms with E-state index in [0.717, 1.165) is 78.6 Å². The lowest BCUT2D eigenvalue weighted by Crippen LogP contribution is -2.40. The molecule has 2 aliphatic heterocycles. The maximum absolute atomic E-state index is 13.4. The fourth-order valence-electron chi connectivity index (χ4n) is 5.96. The van der Waals surface area contributed by atoms with Crippen LogP contribution in [0, 0.1) is 11.8 Å². The standard InChI is InChI=1S/C29H31N5O3/c1-32-25-14-22(8-9-23(25)24(17-35)31-32)19-2-4-20(5-3-19)26-30-29(11-12-29)28(37)34(26)16-18-10-13-33(15-18)27(36)21-6-7-21/h2-5,8-9,14,18,21,35H,6-7,10-13,15-17H2,1H3. The number of carbonyl (C=O) groups excluding carboxylic acids is 2. The number of amidine groups is 1. The van der Waals surface area contributed by atoms with E-state index in [1.807, 2.05) is 22.9 Å². The van der Waals surface area contributed by atoms with Crippen molar-refractivity contribution < 1.29 is 14.7 Å². The van der Waals surface area contributed by atoms with E-state index in [9.17, 15) is 14.7 Å². The molecule has 4 aliphatic rings. The summed E-state index contributed by atoms with van der Waals surface area (Å²) in [6.45, 7) is 2.09. The number of amides is 2. The molecule has 2 aromatic carbocycles. The summed E-state index contributed by atoms with van der Waals surface area (Å²) in [5.41, 5.74) is 4.20. The molecule has 2 saturated carbocycles. The number of fused-ring (bicyclic) bond motifs is 1. The Balaban J connectivity index is 1.12. The number of aryl methyl sites for hydroxylation is 1. The lowest BCUT2D eigenvalue weighted by atomic mass is 10.0. The molecule has 3 fully saturated rings. The van der Waals surface area contributed by atoms with E-state index in [1.54, 1.807) is 4.68 Å². The summed E-state index contributed by atoms with van der Waals surface area (Å²) < 4.78 is 1.80. The fourth-order valence-corrected chi connectivity index (χ4v) is 5.96. The molecule has 0 radical (unpaired) electrons. The summed E-state index contributed by atoms with van der Waals surface area (Å²) in [7, 11) is 1.89. The van der Waals surface area contributed by atoms with Gasteiger partial charge in [0.25, 0.3) is 5.91 Å². The van der Waals surface area contributed by atoms with Crippen molar-refractivity contribution in [2.24, 2.45) is 23.9 Å². The van der Waals surface area contributed by atoms with Gasteiger partial charge in [0.2, 0.25) is 5.91 Å². The van der Waals surface area contributed by atoms with Crippen molar-refractivity contribution in [3.63, 3.8) is 0 Å². The molecule has 2 aliphatic carbocycles. The predicted octanol–water partition coefficient (Wildman–Crippen LogP) is 3.11. The van der Waals surface area contributed by atoms with Crippen LogP contribution in [0.1, 0.15) is 43.4 Å². The molecule has 1 N–H and O–H groups in total. The molecule has 1 aromatic heterocycles. The van der Waals surface area contributed by atoms with Crippen molar-refractivity contribution in [3.8, 4) is 11.1 Å². The zero-order valence-electron chi connectivity index (χ0n) is 21.1. The van der Waals surface area contributed by atoms with Crippen LogP contribution in [0.25, 0.3) is 22.0 Å². The van der Waals surface area contributed by atoms with Gasteiger partial charge in [0.1, 0.15) is 11.4 Å². The minimum Gasteiger partial charge on any atom is -0.390 e. The largest absolute Gasteiger partial charge is 0.390 e. The van der Waals surface area contributed by atoms with Gasteiger partial charge in [0, 0.05) is 43.5 Å². The van der Waals surface area contributed by atoms with Crippen LogP contribution in [-0.2, 0) is 23.2 Å². The van der Waals surface area contributed by atoms with Gasteiger partial charge in [-0.25, -0.2) is 0 Å². The summed E-state index contributed by atoms with van der Waals surface area (Å²) in [6, 6.07) is 14.4. The van der Waals surface area contributed by atoms with E-state index in [4.69, 9.17) is 4.99 Å². The molecule has 2 amide bonds. The normalized spacial score (nSPS) is 22.4. The van der Waals surface area contributed by atoms with Crippen molar-refractivity contribution in [1.82, 2.24) is 19.6 Å².